The van der Waals surface area contributed by atoms with Gasteiger partial charge in [-0.15, -0.1) is 0 Å². The molecule has 0 fully saturated rings. The molecule has 0 rings (SSSR count). The van der Waals surface area contributed by atoms with E-state index in [-0.39, 0.29) is 18.5 Å². The Morgan fingerprint density at radius 2 is 0.877 bits per heavy atom. The normalized spacial score (nSPS) is 12.8. The molecule has 6 nitrogen and oxygen atoms in total. The van der Waals surface area contributed by atoms with Crippen LogP contribution in [-0.4, -0.2) is 47.4 Å². The number of aliphatic hydroxyl groups is 2. The first-order valence-electron chi connectivity index (χ1n) is 25.1. The SMILES string of the molecule is CCCCC/C=C\C/C=C\CCCCCCCCCCCC(=O)OCCCCCCCCCCCC(=O)NC(CO)C(O)CCCCCCCCCCCCCC. The molecule has 57 heavy (non-hydrogen) atoms. The van der Waals surface area contributed by atoms with E-state index < -0.39 is 12.1 Å². The third-order valence-corrected chi connectivity index (χ3v) is 11.5. The van der Waals surface area contributed by atoms with Gasteiger partial charge >= 0.3 is 5.97 Å². The van der Waals surface area contributed by atoms with E-state index in [1.165, 1.54) is 167 Å². The summed E-state index contributed by atoms with van der Waals surface area (Å²) >= 11 is 0. The lowest BCUT2D eigenvalue weighted by Gasteiger charge is -2.22. The molecule has 336 valence electrons. The minimum atomic E-state index is -0.680. The van der Waals surface area contributed by atoms with Crippen LogP contribution >= 0.6 is 0 Å². The number of hydrogen-bond donors (Lipinski definition) is 3. The van der Waals surface area contributed by atoms with Crippen molar-refractivity contribution in [3.63, 3.8) is 0 Å². The van der Waals surface area contributed by atoms with E-state index in [0.29, 0.717) is 25.9 Å². The van der Waals surface area contributed by atoms with E-state index in [2.05, 4.69) is 43.5 Å². The van der Waals surface area contributed by atoms with Gasteiger partial charge in [0.2, 0.25) is 5.91 Å². The van der Waals surface area contributed by atoms with Gasteiger partial charge in [0.05, 0.1) is 25.4 Å². The fraction of sp³-hybridized carbons (Fsp3) is 0.882. The van der Waals surface area contributed by atoms with Gasteiger partial charge in [-0.3, -0.25) is 9.59 Å². The number of nitrogens with one attached hydrogen (secondary N) is 1. The standard InChI is InChI=1S/C51H97NO5/c1-3-5-7-9-11-13-15-17-18-19-20-21-22-23-25-29-33-37-41-45-51(56)57-46-42-38-34-30-26-28-32-36-40-44-50(55)52-48(47-53)49(54)43-39-35-31-27-24-16-14-12-10-8-6-4-2/h11,13,17-18,48-49,53-54H,3-10,12,14-16,19-47H2,1-2H3,(H,52,55)/b13-11-,18-17-. The van der Waals surface area contributed by atoms with Crippen molar-refractivity contribution in [2.75, 3.05) is 13.2 Å². The maximum absolute atomic E-state index is 12.4. The smallest absolute Gasteiger partial charge is 0.305 e. The topological polar surface area (TPSA) is 95.9 Å². The number of esters is 1. The number of allylic oxidation sites excluding steroid dienone is 4. The average Bonchev–Trinajstić information content (AvgIpc) is 3.21. The summed E-state index contributed by atoms with van der Waals surface area (Å²) in [6.07, 6.45) is 54.2. The van der Waals surface area contributed by atoms with E-state index in [0.717, 1.165) is 64.2 Å². The molecule has 0 aliphatic carbocycles. The van der Waals surface area contributed by atoms with E-state index >= 15 is 0 Å². The lowest BCUT2D eigenvalue weighted by molar-refractivity contribution is -0.143. The molecule has 2 atom stereocenters. The first-order chi connectivity index (χ1) is 28.0. The summed E-state index contributed by atoms with van der Waals surface area (Å²) in [6, 6.07) is -0.561. The highest BCUT2D eigenvalue weighted by Gasteiger charge is 2.20. The number of rotatable bonds is 46. The first-order valence-corrected chi connectivity index (χ1v) is 25.1. The van der Waals surface area contributed by atoms with Crippen LogP contribution in [0.1, 0.15) is 264 Å². The van der Waals surface area contributed by atoms with Gasteiger partial charge in [-0.05, 0) is 57.8 Å². The maximum atomic E-state index is 12.4. The number of unbranched alkanes of at least 4 members (excludes halogenated alkanes) is 31. The molecule has 0 aromatic carbocycles. The lowest BCUT2D eigenvalue weighted by Crippen LogP contribution is -2.45. The molecule has 0 aromatic rings. The summed E-state index contributed by atoms with van der Waals surface area (Å²) in [5.41, 5.74) is 0. The Balaban J connectivity index is 3.47. The second kappa shape index (κ2) is 47.0. The van der Waals surface area contributed by atoms with E-state index in [1.54, 1.807) is 0 Å². The Hall–Kier alpha value is -1.66. The molecule has 0 aromatic heterocycles. The van der Waals surface area contributed by atoms with Crippen LogP contribution in [0.25, 0.3) is 0 Å². The van der Waals surface area contributed by atoms with Crippen molar-refractivity contribution in [2.45, 2.75) is 276 Å². The Morgan fingerprint density at radius 3 is 1.37 bits per heavy atom. The number of ether oxygens (including phenoxy) is 1. The highest BCUT2D eigenvalue weighted by molar-refractivity contribution is 5.76. The van der Waals surface area contributed by atoms with Crippen LogP contribution < -0.4 is 5.32 Å². The van der Waals surface area contributed by atoms with Gasteiger partial charge in [-0.2, -0.15) is 0 Å². The average molecular weight is 804 g/mol. The van der Waals surface area contributed by atoms with E-state index in [1.807, 2.05) is 0 Å². The number of amides is 1. The van der Waals surface area contributed by atoms with Crippen molar-refractivity contribution in [3.8, 4) is 0 Å². The molecule has 0 saturated heterocycles. The van der Waals surface area contributed by atoms with Crippen LogP contribution in [-0.2, 0) is 14.3 Å². The van der Waals surface area contributed by atoms with Crippen LogP contribution in [0, 0.1) is 0 Å². The number of carbonyl (C=O) groups is 2. The number of aliphatic hydroxyl groups excluding tert-OH is 2. The molecule has 3 N–H and O–H groups in total. The van der Waals surface area contributed by atoms with Crippen LogP contribution in [0.4, 0.5) is 0 Å². The highest BCUT2D eigenvalue weighted by atomic mass is 16.5. The fourth-order valence-electron chi connectivity index (χ4n) is 7.61. The van der Waals surface area contributed by atoms with Gasteiger partial charge in [0.25, 0.3) is 0 Å². The molecule has 0 radical (unpaired) electrons. The second-order valence-corrected chi connectivity index (χ2v) is 17.1. The summed E-state index contributed by atoms with van der Waals surface area (Å²) in [5, 5.41) is 23.1. The Kier molecular flexibility index (Phi) is 45.7. The largest absolute Gasteiger partial charge is 0.466 e. The number of carbonyl (C=O) groups excluding carboxylic acids is 2. The van der Waals surface area contributed by atoms with Gasteiger partial charge < -0.3 is 20.3 Å². The Morgan fingerprint density at radius 1 is 0.491 bits per heavy atom. The summed E-state index contributed by atoms with van der Waals surface area (Å²) in [4.78, 5) is 24.5. The molecular weight excluding hydrogens is 707 g/mol. The van der Waals surface area contributed by atoms with E-state index in [4.69, 9.17) is 4.74 Å². The van der Waals surface area contributed by atoms with Gasteiger partial charge in [0.1, 0.15) is 0 Å². The Bertz CT molecular complexity index is 889. The third kappa shape index (κ3) is 43.7. The van der Waals surface area contributed by atoms with Crippen molar-refractivity contribution in [1.82, 2.24) is 5.32 Å². The molecule has 6 heteroatoms. The molecule has 0 heterocycles. The van der Waals surface area contributed by atoms with Crippen LogP contribution in [0.2, 0.25) is 0 Å². The minimum Gasteiger partial charge on any atom is -0.466 e. The molecule has 1 amide bonds. The van der Waals surface area contributed by atoms with Crippen molar-refractivity contribution >= 4 is 11.9 Å². The van der Waals surface area contributed by atoms with Gasteiger partial charge in [0, 0.05) is 12.8 Å². The zero-order valence-corrected chi connectivity index (χ0v) is 38.1. The van der Waals surface area contributed by atoms with Gasteiger partial charge in [0.15, 0.2) is 0 Å². The molecule has 2 unspecified atom stereocenters. The summed E-state index contributed by atoms with van der Waals surface area (Å²) in [7, 11) is 0. The monoisotopic (exact) mass is 804 g/mol. The van der Waals surface area contributed by atoms with Gasteiger partial charge in [-0.1, -0.05) is 218 Å². The molecule has 0 bridgehead atoms. The molecule has 0 aliphatic heterocycles. The maximum Gasteiger partial charge on any atom is 0.305 e. The predicted molar refractivity (Wildman–Crippen MR) is 246 cm³/mol. The van der Waals surface area contributed by atoms with Crippen molar-refractivity contribution in [1.29, 1.82) is 0 Å². The zero-order chi connectivity index (χ0) is 41.5. The number of hydrogen-bond acceptors (Lipinski definition) is 5. The molecule has 0 saturated carbocycles. The highest BCUT2D eigenvalue weighted by Crippen LogP contribution is 2.16. The quantitative estimate of drug-likeness (QED) is 0.0324. The Labute approximate surface area is 354 Å². The predicted octanol–water partition coefficient (Wildman–Crippen LogP) is 14.7. The second-order valence-electron chi connectivity index (χ2n) is 17.1. The first kappa shape index (κ1) is 55.3. The van der Waals surface area contributed by atoms with Crippen LogP contribution in [0.5, 0.6) is 0 Å². The molecular formula is C51H97NO5. The fourth-order valence-corrected chi connectivity index (χ4v) is 7.61. The summed E-state index contributed by atoms with van der Waals surface area (Å²) in [6.45, 7) is 4.86. The third-order valence-electron chi connectivity index (χ3n) is 11.5. The zero-order valence-electron chi connectivity index (χ0n) is 38.1. The van der Waals surface area contributed by atoms with Crippen LogP contribution in [0.15, 0.2) is 24.3 Å². The van der Waals surface area contributed by atoms with Crippen molar-refractivity contribution in [3.05, 3.63) is 24.3 Å². The summed E-state index contributed by atoms with van der Waals surface area (Å²) in [5.74, 6) is -0.0927. The minimum absolute atomic E-state index is 0.0291. The lowest BCUT2D eigenvalue weighted by atomic mass is 10.0. The summed E-state index contributed by atoms with van der Waals surface area (Å²) < 4.78 is 5.46. The molecule has 0 spiro atoms. The van der Waals surface area contributed by atoms with E-state index in [9.17, 15) is 19.8 Å². The van der Waals surface area contributed by atoms with Crippen LogP contribution in [0.3, 0.4) is 0 Å². The van der Waals surface area contributed by atoms with Crippen molar-refractivity contribution in [2.24, 2.45) is 0 Å². The van der Waals surface area contributed by atoms with Gasteiger partial charge in [-0.25, -0.2) is 0 Å². The molecule has 0 aliphatic rings. The van der Waals surface area contributed by atoms with Crippen molar-refractivity contribution < 1.29 is 24.5 Å².